The molecule has 4 heterocycles. The molecule has 0 unspecified atom stereocenters. The van der Waals surface area contributed by atoms with E-state index in [1.165, 1.54) is 0 Å². The van der Waals surface area contributed by atoms with Gasteiger partial charge in [0.1, 0.15) is 6.33 Å². The number of H-pyrrole nitrogens is 1. The van der Waals surface area contributed by atoms with E-state index in [1.54, 1.807) is 6.20 Å². The standard InChI is InChI=1S/C23H25N7O/c1-28-9-11-29(12-10-28)8-2-7-24-17-3-4-18-22-21(17)23(31)20-15-13-26-27-16(15)5-6-19(20)30(22)14-25-18/h3-6,13-14,24H,2,7-12H2,1H3,(H,26,27). The van der Waals surface area contributed by atoms with E-state index in [2.05, 4.69) is 37.3 Å². The van der Waals surface area contributed by atoms with E-state index in [0.717, 1.165) is 78.8 Å². The number of hydrogen-bond donors (Lipinski definition) is 2. The molecule has 0 bridgehead atoms. The van der Waals surface area contributed by atoms with Crippen molar-refractivity contribution < 1.29 is 0 Å². The minimum Gasteiger partial charge on any atom is -0.384 e. The Kier molecular flexibility index (Phi) is 4.29. The second-order valence-corrected chi connectivity index (χ2v) is 8.52. The van der Waals surface area contributed by atoms with Crippen LogP contribution in [0.5, 0.6) is 0 Å². The molecule has 0 amide bonds. The van der Waals surface area contributed by atoms with Gasteiger partial charge in [0.15, 0.2) is 5.43 Å². The predicted molar refractivity (Wildman–Crippen MR) is 124 cm³/mol. The molecule has 3 aromatic heterocycles. The van der Waals surface area contributed by atoms with Gasteiger partial charge in [0, 0.05) is 43.8 Å². The molecule has 8 nitrogen and oxygen atoms in total. The van der Waals surface area contributed by atoms with Gasteiger partial charge in [0.25, 0.3) is 0 Å². The molecule has 0 saturated carbocycles. The van der Waals surface area contributed by atoms with Crippen molar-refractivity contribution in [2.75, 3.05) is 51.6 Å². The molecule has 0 aliphatic carbocycles. The number of aromatic amines is 1. The number of aromatic nitrogens is 4. The highest BCUT2D eigenvalue weighted by Gasteiger charge is 2.19. The lowest BCUT2D eigenvalue weighted by molar-refractivity contribution is 0.154. The summed E-state index contributed by atoms with van der Waals surface area (Å²) in [5.41, 5.74) is 4.35. The second kappa shape index (κ2) is 7.18. The fraction of sp³-hybridized carbons (Fsp3) is 0.348. The van der Waals surface area contributed by atoms with Crippen LogP contribution in [0.15, 0.2) is 41.6 Å². The SMILES string of the molecule is CN1CCN(CCCNc2ccc3ncn4c5ccc6[nH]ncc6c5c(=O)c2c34)CC1. The van der Waals surface area contributed by atoms with Crippen molar-refractivity contribution >= 4 is 43.9 Å². The summed E-state index contributed by atoms with van der Waals surface area (Å²) in [5, 5.41) is 12.9. The minimum absolute atomic E-state index is 0.0298. The third-order valence-corrected chi connectivity index (χ3v) is 6.59. The maximum absolute atomic E-state index is 13.7. The van der Waals surface area contributed by atoms with Gasteiger partial charge in [-0.15, -0.1) is 0 Å². The van der Waals surface area contributed by atoms with Crippen LogP contribution in [0.4, 0.5) is 5.69 Å². The molecule has 5 aromatic rings. The smallest absolute Gasteiger partial charge is 0.200 e. The lowest BCUT2D eigenvalue weighted by atomic mass is 10.0. The van der Waals surface area contributed by atoms with Crippen LogP contribution >= 0.6 is 0 Å². The Bertz CT molecular complexity index is 1450. The number of hydrogen-bond acceptors (Lipinski definition) is 6. The molecule has 0 radical (unpaired) electrons. The number of imidazole rings is 1. The van der Waals surface area contributed by atoms with Gasteiger partial charge in [-0.25, -0.2) is 4.98 Å². The van der Waals surface area contributed by atoms with E-state index in [0.29, 0.717) is 10.8 Å². The van der Waals surface area contributed by atoms with Crippen LogP contribution in [0, 0.1) is 0 Å². The largest absolute Gasteiger partial charge is 0.384 e. The van der Waals surface area contributed by atoms with Crippen molar-refractivity contribution in [1.29, 1.82) is 0 Å². The van der Waals surface area contributed by atoms with Gasteiger partial charge in [0.2, 0.25) is 0 Å². The molecule has 8 heteroatoms. The predicted octanol–water partition coefficient (Wildman–Crippen LogP) is 2.36. The molecule has 1 aliphatic heterocycles. The van der Waals surface area contributed by atoms with Gasteiger partial charge in [-0.2, -0.15) is 5.10 Å². The van der Waals surface area contributed by atoms with Gasteiger partial charge >= 0.3 is 0 Å². The number of fused-ring (bicyclic) bond motifs is 4. The molecule has 0 spiro atoms. The highest BCUT2D eigenvalue weighted by atomic mass is 16.1. The topological polar surface area (TPSA) is 81.6 Å². The quantitative estimate of drug-likeness (QED) is 0.339. The third kappa shape index (κ3) is 2.94. The first kappa shape index (κ1) is 18.5. The fourth-order valence-corrected chi connectivity index (χ4v) is 4.83. The number of nitrogens with one attached hydrogen (secondary N) is 2. The fourth-order valence-electron chi connectivity index (χ4n) is 4.83. The Balaban J connectivity index is 1.37. The van der Waals surface area contributed by atoms with Gasteiger partial charge in [-0.1, -0.05) is 0 Å². The molecule has 2 aromatic carbocycles. The average molecular weight is 416 g/mol. The molecule has 2 N–H and O–H groups in total. The highest BCUT2D eigenvalue weighted by molar-refractivity contribution is 6.13. The molecule has 1 fully saturated rings. The van der Waals surface area contributed by atoms with Gasteiger partial charge < -0.3 is 15.1 Å². The monoisotopic (exact) mass is 415 g/mol. The molecular formula is C23H25N7O. The lowest BCUT2D eigenvalue weighted by Crippen LogP contribution is -2.44. The number of nitrogens with zero attached hydrogens (tertiary/aromatic N) is 5. The van der Waals surface area contributed by atoms with Crippen LogP contribution in [-0.2, 0) is 0 Å². The number of benzene rings is 2. The molecule has 31 heavy (non-hydrogen) atoms. The molecule has 0 atom stereocenters. The first-order chi connectivity index (χ1) is 15.2. The van der Waals surface area contributed by atoms with Crippen LogP contribution in [0.2, 0.25) is 0 Å². The molecule has 158 valence electrons. The molecule has 1 saturated heterocycles. The van der Waals surface area contributed by atoms with Crippen LogP contribution in [0.1, 0.15) is 6.42 Å². The zero-order chi connectivity index (χ0) is 20.9. The van der Waals surface area contributed by atoms with Crippen LogP contribution < -0.4 is 10.7 Å². The van der Waals surface area contributed by atoms with Crippen molar-refractivity contribution in [1.82, 2.24) is 29.4 Å². The summed E-state index contributed by atoms with van der Waals surface area (Å²) in [4.78, 5) is 23.1. The zero-order valence-corrected chi connectivity index (χ0v) is 17.6. The zero-order valence-electron chi connectivity index (χ0n) is 17.6. The number of anilines is 1. The van der Waals surface area contributed by atoms with Crippen molar-refractivity contribution in [3.8, 4) is 0 Å². The van der Waals surface area contributed by atoms with Gasteiger partial charge in [-0.3, -0.25) is 14.3 Å². The number of pyridine rings is 1. The maximum Gasteiger partial charge on any atom is 0.200 e. The number of piperazine rings is 1. The average Bonchev–Trinajstić information content (AvgIpc) is 3.43. The molecule has 6 rings (SSSR count). The van der Waals surface area contributed by atoms with Crippen molar-refractivity contribution in [2.45, 2.75) is 6.42 Å². The van der Waals surface area contributed by atoms with Crippen molar-refractivity contribution in [3.63, 3.8) is 0 Å². The van der Waals surface area contributed by atoms with E-state index in [1.807, 2.05) is 35.0 Å². The summed E-state index contributed by atoms with van der Waals surface area (Å²) in [6.07, 6.45) is 4.58. The third-order valence-electron chi connectivity index (χ3n) is 6.59. The Morgan fingerprint density at radius 2 is 1.97 bits per heavy atom. The second-order valence-electron chi connectivity index (χ2n) is 8.52. The van der Waals surface area contributed by atoms with E-state index in [-0.39, 0.29) is 5.43 Å². The van der Waals surface area contributed by atoms with E-state index < -0.39 is 0 Å². The Hall–Kier alpha value is -3.23. The summed E-state index contributed by atoms with van der Waals surface area (Å²) < 4.78 is 2.03. The van der Waals surface area contributed by atoms with Crippen LogP contribution in [0.25, 0.3) is 38.2 Å². The van der Waals surface area contributed by atoms with Crippen molar-refractivity contribution in [3.05, 3.63) is 47.0 Å². The number of likely N-dealkylation sites (N-methyl/N-ethyl adjacent to an activating group) is 1. The van der Waals surface area contributed by atoms with Gasteiger partial charge in [0.05, 0.1) is 39.0 Å². The van der Waals surface area contributed by atoms with E-state index in [4.69, 9.17) is 0 Å². The van der Waals surface area contributed by atoms with Gasteiger partial charge in [-0.05, 0) is 44.3 Å². The first-order valence-electron chi connectivity index (χ1n) is 10.9. The van der Waals surface area contributed by atoms with E-state index >= 15 is 0 Å². The minimum atomic E-state index is 0.0298. The molecule has 1 aliphatic rings. The lowest BCUT2D eigenvalue weighted by Gasteiger charge is -2.32. The van der Waals surface area contributed by atoms with E-state index in [9.17, 15) is 4.79 Å². The van der Waals surface area contributed by atoms with Crippen LogP contribution in [0.3, 0.4) is 0 Å². The van der Waals surface area contributed by atoms with Crippen LogP contribution in [-0.4, -0.2) is 75.7 Å². The summed E-state index contributed by atoms with van der Waals surface area (Å²) in [5.74, 6) is 0. The Labute approximate surface area is 178 Å². The molecular weight excluding hydrogens is 390 g/mol. The summed E-state index contributed by atoms with van der Waals surface area (Å²) >= 11 is 0. The first-order valence-corrected chi connectivity index (χ1v) is 10.9. The Morgan fingerprint density at radius 3 is 2.84 bits per heavy atom. The normalized spacial score (nSPS) is 16.3. The van der Waals surface area contributed by atoms with Crippen molar-refractivity contribution in [2.24, 2.45) is 0 Å². The highest BCUT2D eigenvalue weighted by Crippen LogP contribution is 2.30. The number of rotatable bonds is 5. The Morgan fingerprint density at radius 1 is 1.10 bits per heavy atom. The summed E-state index contributed by atoms with van der Waals surface area (Å²) in [6, 6.07) is 7.91. The summed E-state index contributed by atoms with van der Waals surface area (Å²) in [6.45, 7) is 6.42. The maximum atomic E-state index is 13.7. The summed E-state index contributed by atoms with van der Waals surface area (Å²) in [7, 11) is 2.18.